The number of amides is 8. The molecule has 15 N–H and O–H groups in total. The molecule has 4 aliphatic rings. The molecule has 108 heavy (non-hydrogen) atoms. The van der Waals surface area contributed by atoms with Crippen molar-refractivity contribution in [1.29, 1.82) is 0 Å². The molecule has 0 aromatic carbocycles. The largest absolute Gasteiger partial charge is 0.756 e. The Bertz CT molecular complexity index is 2610. The number of hydrogen-bond donors (Lipinski definition) is 15. The van der Waals surface area contributed by atoms with E-state index in [-0.39, 0.29) is 202 Å². The van der Waals surface area contributed by atoms with Crippen molar-refractivity contribution >= 4 is 55.1 Å². The van der Waals surface area contributed by atoms with Gasteiger partial charge in [-0.1, -0.05) is 0 Å². The fourth-order valence-electron chi connectivity index (χ4n) is 11.5. The standard InChI is InChI=1S/C65H118N9O33P/c1-41(78)69-53-59(89)56(86)45(38-75)103-62(53)100-32-29-97-26-23-94-20-13-66-48(81)35-72(36-49(82)67-14-21-95-24-27-98-30-33-101-63-54(70-42(2)79)60(90)57(87)46(39-76)104-63)16-8-17-74(52(85)10-7-9-51(84)73-18-11-44(12-19-73)106-108(92,93)107-65(4,5)6)37-50(83)68-15-22-96-25-28-99-31-34-102-64-55(71-43(3)80)61(91)58(88)47(40-77)105-64/h44-47,53-64,75-77,86-91H,7-40H2,1-6H3,(H,66,81)(H,67,82)(H,68,83)(H,69,78)(H,70,79)(H,71,80)(H,92,93)/p-1. The summed E-state index contributed by atoms with van der Waals surface area (Å²) in [7, 11) is -4.63. The Morgan fingerprint density at radius 1 is 0.481 bits per heavy atom. The van der Waals surface area contributed by atoms with Crippen molar-refractivity contribution < 1.29 is 160 Å². The first-order chi connectivity index (χ1) is 51.4. The summed E-state index contributed by atoms with van der Waals surface area (Å²) in [4.78, 5) is 120. The van der Waals surface area contributed by atoms with Crippen LogP contribution in [-0.2, 0) is 109 Å². The third-order valence-electron chi connectivity index (χ3n) is 16.7. The van der Waals surface area contributed by atoms with Crippen LogP contribution in [0.25, 0.3) is 0 Å². The van der Waals surface area contributed by atoms with Crippen LogP contribution in [0.1, 0.15) is 80.1 Å². The van der Waals surface area contributed by atoms with Crippen molar-refractivity contribution in [3.8, 4) is 0 Å². The van der Waals surface area contributed by atoms with Crippen LogP contribution in [0.15, 0.2) is 0 Å². The summed E-state index contributed by atoms with van der Waals surface area (Å²) in [5.41, 5.74) is -1.01. The van der Waals surface area contributed by atoms with E-state index >= 15 is 0 Å². The number of piperidine rings is 1. The molecule has 4 fully saturated rings. The molecule has 0 radical (unpaired) electrons. The van der Waals surface area contributed by atoms with Gasteiger partial charge in [0.1, 0.15) is 73.1 Å². The summed E-state index contributed by atoms with van der Waals surface area (Å²) in [6, 6.07) is -3.39. The van der Waals surface area contributed by atoms with Crippen molar-refractivity contribution in [1.82, 2.24) is 46.6 Å². The molecule has 43 heteroatoms. The lowest BCUT2D eigenvalue weighted by Gasteiger charge is -2.42. The topological polar surface area (TPSA) is 570 Å². The number of carbonyl (C=O) groups excluding carboxylic acids is 8. The molecule has 0 bridgehead atoms. The van der Waals surface area contributed by atoms with Gasteiger partial charge in [0, 0.05) is 79.4 Å². The van der Waals surface area contributed by atoms with Gasteiger partial charge in [-0.25, -0.2) is 0 Å². The van der Waals surface area contributed by atoms with Gasteiger partial charge in [0.25, 0.3) is 7.82 Å². The minimum absolute atomic E-state index is 0.0164. The molecule has 4 heterocycles. The van der Waals surface area contributed by atoms with Gasteiger partial charge in [-0.3, -0.25) is 47.8 Å². The van der Waals surface area contributed by atoms with Crippen molar-refractivity contribution in [3.63, 3.8) is 0 Å². The molecule has 42 nitrogen and oxygen atoms in total. The number of hydrogen-bond acceptors (Lipinski definition) is 34. The second-order valence-electron chi connectivity index (χ2n) is 26.7. The highest BCUT2D eigenvalue weighted by Gasteiger charge is 2.48. The van der Waals surface area contributed by atoms with Crippen LogP contribution in [0.5, 0.6) is 0 Å². The number of aliphatic hydroxyl groups is 9. The zero-order valence-corrected chi connectivity index (χ0v) is 63.3. The van der Waals surface area contributed by atoms with E-state index in [9.17, 15) is 93.8 Å². The molecule has 4 rings (SSSR count). The van der Waals surface area contributed by atoms with Crippen LogP contribution in [0.2, 0.25) is 0 Å². The van der Waals surface area contributed by atoms with E-state index in [4.69, 9.17) is 65.9 Å². The lowest BCUT2D eigenvalue weighted by Crippen LogP contribution is -2.64. The van der Waals surface area contributed by atoms with Crippen molar-refractivity contribution in [2.45, 2.75) is 184 Å². The Morgan fingerprint density at radius 3 is 1.17 bits per heavy atom. The average Bonchev–Trinajstić information content (AvgIpc) is 0.816. The quantitative estimate of drug-likeness (QED) is 0.0199. The first-order valence-electron chi connectivity index (χ1n) is 36.1. The van der Waals surface area contributed by atoms with Gasteiger partial charge >= 0.3 is 0 Å². The predicted octanol–water partition coefficient (Wildman–Crippen LogP) is -8.70. The van der Waals surface area contributed by atoms with Gasteiger partial charge in [0.05, 0.1) is 150 Å². The molecular weight excluding hydrogens is 1470 g/mol. The number of ether oxygens (including phenoxy) is 12. The molecule has 8 amide bonds. The van der Waals surface area contributed by atoms with Gasteiger partial charge in [-0.05, 0) is 46.5 Å². The summed E-state index contributed by atoms with van der Waals surface area (Å²) in [6.07, 6.45) is -16.2. The van der Waals surface area contributed by atoms with Crippen LogP contribution in [0, 0.1) is 0 Å². The third-order valence-corrected chi connectivity index (χ3v) is 18.0. The third kappa shape index (κ3) is 37.1. The molecule has 0 aromatic heterocycles. The minimum atomic E-state index is -4.63. The number of carbonyl (C=O) groups is 8. The summed E-state index contributed by atoms with van der Waals surface area (Å²) in [6.45, 7) is 6.49. The lowest BCUT2D eigenvalue weighted by atomic mass is 9.97. The van der Waals surface area contributed by atoms with Gasteiger partial charge in [-0.2, -0.15) is 0 Å². The zero-order valence-electron chi connectivity index (χ0n) is 62.4. The second kappa shape index (κ2) is 51.6. The molecule has 16 unspecified atom stereocenters. The van der Waals surface area contributed by atoms with Crippen LogP contribution in [-0.4, -0.2) is 396 Å². The van der Waals surface area contributed by atoms with E-state index in [1.54, 1.807) is 25.7 Å². The maximum Gasteiger partial charge on any atom is 0.268 e. The number of phosphoric ester groups is 1. The maximum absolute atomic E-state index is 14.0. The Morgan fingerprint density at radius 2 is 0.824 bits per heavy atom. The number of aliphatic hydroxyl groups excluding tert-OH is 9. The van der Waals surface area contributed by atoms with Crippen LogP contribution in [0.3, 0.4) is 0 Å². The van der Waals surface area contributed by atoms with Crippen molar-refractivity contribution in [3.05, 3.63) is 0 Å². The number of likely N-dealkylation sites (tertiary alicyclic amines) is 1. The van der Waals surface area contributed by atoms with E-state index in [0.717, 1.165) is 0 Å². The van der Waals surface area contributed by atoms with E-state index in [0.29, 0.717) is 0 Å². The van der Waals surface area contributed by atoms with E-state index in [2.05, 4.69) is 31.9 Å². The highest BCUT2D eigenvalue weighted by Crippen LogP contribution is 2.45. The SMILES string of the molecule is CC(=O)NC1C(OCCOCCOCCNC(=O)CN(CCCN(CC(=O)NCCOCCOCCOC2OC(CO)C(O)C(O)C2NC(C)=O)C(=O)CCCC(=O)N2CCC(OP(=O)([O-])OC(C)(C)C)CC2)CC(=O)NCCOCCOCCOC2OC(CO)C(O)C(O)C2NC(C)=O)OC(CO)C(O)C1O. The van der Waals surface area contributed by atoms with Crippen LogP contribution >= 0.6 is 7.82 Å². The zero-order chi connectivity index (χ0) is 79.8. The van der Waals surface area contributed by atoms with Crippen LogP contribution in [0.4, 0.5) is 0 Å². The highest BCUT2D eigenvalue weighted by molar-refractivity contribution is 7.45. The van der Waals surface area contributed by atoms with Gasteiger partial charge in [0.15, 0.2) is 18.9 Å². The highest BCUT2D eigenvalue weighted by atomic mass is 31.2. The lowest BCUT2D eigenvalue weighted by molar-refractivity contribution is -0.272. The fourth-order valence-corrected chi connectivity index (χ4v) is 12.7. The van der Waals surface area contributed by atoms with E-state index < -0.39 is 179 Å². The van der Waals surface area contributed by atoms with Gasteiger partial charge in [-0.15, -0.1) is 0 Å². The normalized spacial score (nSPS) is 26.1. The summed E-state index contributed by atoms with van der Waals surface area (Å²) >= 11 is 0. The summed E-state index contributed by atoms with van der Waals surface area (Å²) in [5, 5.41) is 107. The Hall–Kier alpha value is -5.01. The summed E-state index contributed by atoms with van der Waals surface area (Å²) in [5.74, 6) is -3.86. The monoisotopic (exact) mass is 1580 g/mol. The number of nitrogens with zero attached hydrogens (tertiary/aromatic N) is 3. The van der Waals surface area contributed by atoms with Crippen molar-refractivity contribution in [2.24, 2.45) is 0 Å². The Balaban J connectivity index is 1.31. The molecular formula is C65H117N9O33P-. The van der Waals surface area contributed by atoms with E-state index in [1.165, 1.54) is 30.6 Å². The number of nitrogens with one attached hydrogen (secondary N) is 6. The van der Waals surface area contributed by atoms with Crippen LogP contribution < -0.4 is 36.8 Å². The molecule has 626 valence electrons. The van der Waals surface area contributed by atoms with E-state index in [1.807, 2.05) is 0 Å². The Kier molecular flexibility index (Phi) is 45.6. The fraction of sp³-hybridized carbons (Fsp3) is 0.877. The molecule has 4 aliphatic heterocycles. The molecule has 0 saturated carbocycles. The molecule has 0 spiro atoms. The van der Waals surface area contributed by atoms with Gasteiger partial charge < -0.3 is 158 Å². The summed E-state index contributed by atoms with van der Waals surface area (Å²) < 4.78 is 89.9. The minimum Gasteiger partial charge on any atom is -0.756 e. The first kappa shape index (κ1) is 95.4. The first-order valence-corrected chi connectivity index (χ1v) is 37.6. The number of phosphoric acid groups is 1. The molecule has 4 saturated heterocycles. The maximum atomic E-state index is 14.0. The smallest absolute Gasteiger partial charge is 0.268 e. The Labute approximate surface area is 627 Å². The second-order valence-corrected chi connectivity index (χ2v) is 28.0. The molecule has 16 atom stereocenters. The van der Waals surface area contributed by atoms with Crippen molar-refractivity contribution in [2.75, 3.05) is 184 Å². The predicted molar refractivity (Wildman–Crippen MR) is 369 cm³/mol. The average molecular weight is 1580 g/mol. The number of rotatable bonds is 53. The van der Waals surface area contributed by atoms with Gasteiger partial charge in [0.2, 0.25) is 47.3 Å². The molecule has 0 aliphatic carbocycles. The molecule has 0 aromatic rings.